The Hall–Kier alpha value is -1.36. The van der Waals surface area contributed by atoms with Crippen LogP contribution in [0.2, 0.25) is 0 Å². The predicted octanol–water partition coefficient (Wildman–Crippen LogP) is 1.59. The number of hydrogen-bond acceptors (Lipinski definition) is 4. The zero-order valence-electron chi connectivity index (χ0n) is 10.4. The van der Waals surface area contributed by atoms with Gasteiger partial charge in [-0.3, -0.25) is 4.79 Å². The van der Waals surface area contributed by atoms with Crippen molar-refractivity contribution in [3.05, 3.63) is 17.5 Å². The lowest BCUT2D eigenvalue weighted by Crippen LogP contribution is -2.25. The largest absolute Gasteiger partial charge is 0.381 e. The minimum absolute atomic E-state index is 0.0708. The van der Waals surface area contributed by atoms with Crippen LogP contribution in [0, 0.1) is 5.92 Å². The summed E-state index contributed by atoms with van der Waals surface area (Å²) in [6.45, 7) is 1.96. The third-order valence-electron chi connectivity index (χ3n) is 3.52. The van der Waals surface area contributed by atoms with Crippen molar-refractivity contribution in [2.24, 2.45) is 5.92 Å². The lowest BCUT2D eigenvalue weighted by molar-refractivity contribution is -0.122. The number of carbonyl (C=O) groups excluding carboxylic acids is 1. The number of rotatable bonds is 5. The van der Waals surface area contributed by atoms with Crippen molar-refractivity contribution < 1.29 is 14.1 Å². The second-order valence-corrected chi connectivity index (χ2v) is 5.21. The molecule has 0 spiro atoms. The van der Waals surface area contributed by atoms with Gasteiger partial charge in [-0.1, -0.05) is 5.16 Å². The van der Waals surface area contributed by atoms with E-state index in [0.717, 1.165) is 24.5 Å². The average molecular weight is 250 g/mol. The fourth-order valence-electron chi connectivity index (χ4n) is 2.24. The molecule has 1 aromatic heterocycles. The van der Waals surface area contributed by atoms with E-state index < -0.39 is 0 Å². The Labute approximate surface area is 106 Å². The number of carbonyl (C=O) groups is 1. The second-order valence-electron chi connectivity index (χ2n) is 5.21. The van der Waals surface area contributed by atoms with E-state index in [-0.39, 0.29) is 5.91 Å². The smallest absolute Gasteiger partial charge is 0.220 e. The third kappa shape index (κ3) is 2.90. The van der Waals surface area contributed by atoms with Crippen LogP contribution in [-0.2, 0) is 16.1 Å². The van der Waals surface area contributed by atoms with Crippen LogP contribution in [0.3, 0.4) is 0 Å². The van der Waals surface area contributed by atoms with E-state index in [1.54, 1.807) is 0 Å². The molecule has 1 N–H and O–H groups in total. The van der Waals surface area contributed by atoms with Crippen LogP contribution in [0.5, 0.6) is 0 Å². The van der Waals surface area contributed by atoms with Gasteiger partial charge in [0.25, 0.3) is 0 Å². The molecule has 2 aliphatic rings. The van der Waals surface area contributed by atoms with Crippen molar-refractivity contribution >= 4 is 5.91 Å². The van der Waals surface area contributed by atoms with Crippen LogP contribution in [0.25, 0.3) is 0 Å². The molecule has 18 heavy (non-hydrogen) atoms. The zero-order chi connectivity index (χ0) is 12.4. The minimum Gasteiger partial charge on any atom is -0.381 e. The van der Waals surface area contributed by atoms with Crippen LogP contribution in [0.1, 0.15) is 43.1 Å². The molecule has 98 valence electrons. The van der Waals surface area contributed by atoms with Gasteiger partial charge in [-0.15, -0.1) is 0 Å². The molecule has 1 atom stereocenters. The summed E-state index contributed by atoms with van der Waals surface area (Å²) < 4.78 is 10.5. The van der Waals surface area contributed by atoms with Gasteiger partial charge < -0.3 is 14.6 Å². The first-order chi connectivity index (χ1) is 8.81. The van der Waals surface area contributed by atoms with E-state index in [4.69, 9.17) is 9.26 Å². The third-order valence-corrected chi connectivity index (χ3v) is 3.52. The molecule has 1 aliphatic carbocycles. The van der Waals surface area contributed by atoms with Gasteiger partial charge in [0.15, 0.2) is 0 Å². The topological polar surface area (TPSA) is 64.4 Å². The van der Waals surface area contributed by atoms with Crippen LogP contribution >= 0.6 is 0 Å². The average Bonchev–Trinajstić information content (AvgIpc) is 2.90. The Kier molecular flexibility index (Phi) is 3.32. The molecule has 1 saturated heterocycles. The fraction of sp³-hybridized carbons (Fsp3) is 0.692. The molecule has 1 aromatic rings. The summed E-state index contributed by atoms with van der Waals surface area (Å²) in [5.41, 5.74) is 0.813. The molecule has 2 heterocycles. The molecule has 5 nitrogen and oxygen atoms in total. The van der Waals surface area contributed by atoms with Gasteiger partial charge in [0.05, 0.1) is 6.54 Å². The number of nitrogens with zero attached hydrogens (tertiary/aromatic N) is 1. The van der Waals surface area contributed by atoms with E-state index in [0.29, 0.717) is 31.4 Å². The van der Waals surface area contributed by atoms with Gasteiger partial charge in [-0.2, -0.15) is 0 Å². The molecule has 5 heteroatoms. The van der Waals surface area contributed by atoms with Crippen molar-refractivity contribution in [2.75, 3.05) is 13.2 Å². The van der Waals surface area contributed by atoms with Crippen molar-refractivity contribution in [2.45, 2.75) is 38.1 Å². The van der Waals surface area contributed by atoms with Gasteiger partial charge >= 0.3 is 0 Å². The first-order valence-corrected chi connectivity index (χ1v) is 6.61. The minimum atomic E-state index is 0.0708. The van der Waals surface area contributed by atoms with Crippen molar-refractivity contribution in [1.82, 2.24) is 10.5 Å². The molecule has 0 bridgehead atoms. The Morgan fingerprint density at radius 2 is 2.33 bits per heavy atom. The first kappa shape index (κ1) is 11.7. The summed E-state index contributed by atoms with van der Waals surface area (Å²) in [7, 11) is 0. The highest BCUT2D eigenvalue weighted by Crippen LogP contribution is 2.40. The maximum absolute atomic E-state index is 11.7. The number of hydrogen-bond donors (Lipinski definition) is 1. The van der Waals surface area contributed by atoms with Crippen molar-refractivity contribution in [3.8, 4) is 0 Å². The maximum atomic E-state index is 11.7. The molecule has 1 unspecified atom stereocenters. The fourth-order valence-corrected chi connectivity index (χ4v) is 2.24. The number of nitrogens with one attached hydrogen (secondary N) is 1. The van der Waals surface area contributed by atoms with Crippen molar-refractivity contribution in [3.63, 3.8) is 0 Å². The predicted molar refractivity (Wildman–Crippen MR) is 63.9 cm³/mol. The van der Waals surface area contributed by atoms with E-state index in [2.05, 4.69) is 10.5 Å². The second kappa shape index (κ2) is 5.10. The number of aromatic nitrogens is 1. The summed E-state index contributed by atoms with van der Waals surface area (Å²) >= 11 is 0. The van der Waals surface area contributed by atoms with Gasteiger partial charge in [0, 0.05) is 31.6 Å². The molecule has 1 saturated carbocycles. The van der Waals surface area contributed by atoms with Gasteiger partial charge in [-0.25, -0.2) is 0 Å². The Morgan fingerprint density at radius 1 is 1.44 bits per heavy atom. The Balaban J connectivity index is 1.43. The highest BCUT2D eigenvalue weighted by Gasteiger charge is 2.27. The summed E-state index contributed by atoms with van der Waals surface area (Å²) in [5.74, 6) is 1.98. The molecule has 1 amide bonds. The molecule has 0 radical (unpaired) electrons. The van der Waals surface area contributed by atoms with Crippen molar-refractivity contribution in [1.29, 1.82) is 0 Å². The van der Waals surface area contributed by atoms with Gasteiger partial charge in [-0.05, 0) is 25.2 Å². The summed E-state index contributed by atoms with van der Waals surface area (Å²) in [4.78, 5) is 11.7. The lowest BCUT2D eigenvalue weighted by atomic mass is 10.1. The van der Waals surface area contributed by atoms with Crippen LogP contribution in [-0.4, -0.2) is 24.3 Å². The molecule has 2 fully saturated rings. The SMILES string of the molecule is O=C(CC1CCOC1)NCc1cc(C2CC2)on1. The Morgan fingerprint density at radius 3 is 3.06 bits per heavy atom. The number of amides is 1. The summed E-state index contributed by atoms with van der Waals surface area (Å²) in [6, 6.07) is 1.95. The van der Waals surface area contributed by atoms with Crippen LogP contribution < -0.4 is 5.32 Å². The van der Waals surface area contributed by atoms with E-state index in [1.807, 2.05) is 6.07 Å². The first-order valence-electron chi connectivity index (χ1n) is 6.61. The summed E-state index contributed by atoms with van der Waals surface area (Å²) in [5, 5.41) is 6.85. The van der Waals surface area contributed by atoms with Crippen LogP contribution in [0.4, 0.5) is 0 Å². The monoisotopic (exact) mass is 250 g/mol. The van der Waals surface area contributed by atoms with Crippen LogP contribution in [0.15, 0.2) is 10.6 Å². The lowest BCUT2D eigenvalue weighted by Gasteiger charge is -2.06. The Bertz CT molecular complexity index is 420. The van der Waals surface area contributed by atoms with Gasteiger partial charge in [0.1, 0.15) is 11.5 Å². The van der Waals surface area contributed by atoms with E-state index in [9.17, 15) is 4.79 Å². The molecule has 0 aromatic carbocycles. The maximum Gasteiger partial charge on any atom is 0.220 e. The molecular formula is C13H18N2O3. The standard InChI is InChI=1S/C13H18N2O3/c16-13(5-9-3-4-17-8-9)14-7-11-6-12(18-15-11)10-1-2-10/h6,9-10H,1-5,7-8H2,(H,14,16). The highest BCUT2D eigenvalue weighted by atomic mass is 16.5. The van der Waals surface area contributed by atoms with E-state index in [1.165, 1.54) is 12.8 Å². The van der Waals surface area contributed by atoms with E-state index >= 15 is 0 Å². The quantitative estimate of drug-likeness (QED) is 0.862. The number of ether oxygens (including phenoxy) is 1. The molecule has 3 rings (SSSR count). The highest BCUT2D eigenvalue weighted by molar-refractivity contribution is 5.76. The normalized spacial score (nSPS) is 23.2. The zero-order valence-corrected chi connectivity index (χ0v) is 10.4. The summed E-state index contributed by atoms with van der Waals surface area (Å²) in [6.07, 6.45) is 3.93. The van der Waals surface area contributed by atoms with Gasteiger partial charge in [0.2, 0.25) is 5.91 Å². The molecule has 1 aliphatic heterocycles. The molecular weight excluding hydrogens is 232 g/mol.